The molecule has 0 unspecified atom stereocenters. The number of aliphatic carboxylic acids is 1. The largest absolute Gasteiger partial charge is 0.475 e. The molecular formula is C9H8O3S. The van der Waals surface area contributed by atoms with E-state index in [2.05, 4.69) is 19.2 Å². The summed E-state index contributed by atoms with van der Waals surface area (Å²) in [4.78, 5) is 10.9. The van der Waals surface area contributed by atoms with Gasteiger partial charge in [-0.1, -0.05) is 12.1 Å². The highest BCUT2D eigenvalue weighted by atomic mass is 32.1. The standard InChI is InChI=1S/C9H8O3S/c1-6(9(10)11)12-7-4-2-3-5-8(7)13/h2-5,13H,1H2,(H,10,11). The molecule has 0 spiro atoms. The summed E-state index contributed by atoms with van der Waals surface area (Å²) in [6.07, 6.45) is 0. The van der Waals surface area contributed by atoms with Gasteiger partial charge in [0.15, 0.2) is 0 Å². The third kappa shape index (κ3) is 2.52. The van der Waals surface area contributed by atoms with Crippen molar-refractivity contribution < 1.29 is 14.6 Å². The molecule has 1 aromatic rings. The minimum atomic E-state index is -1.18. The first-order chi connectivity index (χ1) is 6.11. The van der Waals surface area contributed by atoms with Crippen LogP contribution in [0, 0.1) is 0 Å². The Hall–Kier alpha value is -1.42. The van der Waals surface area contributed by atoms with Gasteiger partial charge in [0.05, 0.1) is 0 Å². The van der Waals surface area contributed by atoms with E-state index in [0.717, 1.165) is 0 Å². The molecule has 0 radical (unpaired) electrons. The molecule has 0 aliphatic rings. The molecule has 1 N–H and O–H groups in total. The van der Waals surface area contributed by atoms with Crippen LogP contribution >= 0.6 is 12.6 Å². The molecule has 0 heterocycles. The molecule has 0 amide bonds. The molecule has 0 aliphatic carbocycles. The molecule has 0 bridgehead atoms. The zero-order valence-electron chi connectivity index (χ0n) is 6.73. The Morgan fingerprint density at radius 3 is 2.62 bits per heavy atom. The number of thiol groups is 1. The zero-order chi connectivity index (χ0) is 9.84. The van der Waals surface area contributed by atoms with E-state index in [1.807, 2.05) is 0 Å². The van der Waals surface area contributed by atoms with Crippen LogP contribution in [0.5, 0.6) is 5.75 Å². The lowest BCUT2D eigenvalue weighted by Crippen LogP contribution is -2.06. The van der Waals surface area contributed by atoms with Gasteiger partial charge in [-0.3, -0.25) is 0 Å². The van der Waals surface area contributed by atoms with E-state index >= 15 is 0 Å². The van der Waals surface area contributed by atoms with E-state index in [1.54, 1.807) is 24.3 Å². The fourth-order valence-electron chi connectivity index (χ4n) is 0.720. The Balaban J connectivity index is 2.81. The predicted molar refractivity (Wildman–Crippen MR) is 51.1 cm³/mol. The lowest BCUT2D eigenvalue weighted by Gasteiger charge is -2.06. The maximum absolute atomic E-state index is 10.4. The van der Waals surface area contributed by atoms with Crippen LogP contribution in [0.3, 0.4) is 0 Å². The summed E-state index contributed by atoms with van der Waals surface area (Å²) < 4.78 is 4.94. The third-order valence-electron chi connectivity index (χ3n) is 1.34. The Kier molecular flexibility index (Phi) is 2.97. The number of ether oxygens (including phenoxy) is 1. The van der Waals surface area contributed by atoms with Gasteiger partial charge < -0.3 is 9.84 Å². The summed E-state index contributed by atoms with van der Waals surface area (Å²) in [5.41, 5.74) is 0. The molecule has 0 fully saturated rings. The highest BCUT2D eigenvalue weighted by Gasteiger charge is 2.07. The number of hydrogen-bond donors (Lipinski definition) is 2. The summed E-state index contributed by atoms with van der Waals surface area (Å²) >= 11 is 4.08. The molecule has 1 aromatic carbocycles. The first kappa shape index (κ1) is 9.67. The SMILES string of the molecule is C=C(Oc1ccccc1S)C(=O)O. The second kappa shape index (κ2) is 4.00. The van der Waals surface area contributed by atoms with Crippen molar-refractivity contribution in [2.24, 2.45) is 0 Å². The van der Waals surface area contributed by atoms with E-state index in [9.17, 15) is 4.79 Å². The van der Waals surface area contributed by atoms with Gasteiger partial charge in [-0.15, -0.1) is 12.6 Å². The zero-order valence-corrected chi connectivity index (χ0v) is 7.62. The molecule has 0 atom stereocenters. The monoisotopic (exact) mass is 196 g/mol. The number of carboxylic acids is 1. The average Bonchev–Trinajstić information content (AvgIpc) is 2.08. The molecule has 3 nitrogen and oxygen atoms in total. The smallest absolute Gasteiger partial charge is 0.371 e. The van der Waals surface area contributed by atoms with Gasteiger partial charge >= 0.3 is 5.97 Å². The quantitative estimate of drug-likeness (QED) is 0.441. The summed E-state index contributed by atoms with van der Waals surface area (Å²) in [7, 11) is 0. The number of rotatable bonds is 3. The van der Waals surface area contributed by atoms with Crippen molar-refractivity contribution in [3.8, 4) is 5.75 Å². The van der Waals surface area contributed by atoms with Gasteiger partial charge in [-0.05, 0) is 18.7 Å². The van der Waals surface area contributed by atoms with Gasteiger partial charge in [-0.25, -0.2) is 4.79 Å². The van der Waals surface area contributed by atoms with Crippen molar-refractivity contribution in [3.63, 3.8) is 0 Å². The number of benzene rings is 1. The molecular weight excluding hydrogens is 188 g/mol. The van der Waals surface area contributed by atoms with Gasteiger partial charge in [0.25, 0.3) is 0 Å². The molecule has 4 heteroatoms. The van der Waals surface area contributed by atoms with Crippen molar-refractivity contribution in [3.05, 3.63) is 36.6 Å². The van der Waals surface area contributed by atoms with Crippen LogP contribution in [0.2, 0.25) is 0 Å². The van der Waals surface area contributed by atoms with Crippen molar-refractivity contribution >= 4 is 18.6 Å². The van der Waals surface area contributed by atoms with E-state index in [-0.39, 0.29) is 5.76 Å². The van der Waals surface area contributed by atoms with E-state index < -0.39 is 5.97 Å². The minimum absolute atomic E-state index is 0.318. The first-order valence-corrected chi connectivity index (χ1v) is 3.94. The Morgan fingerprint density at radius 1 is 1.46 bits per heavy atom. The predicted octanol–water partition coefficient (Wildman–Crippen LogP) is 1.95. The van der Waals surface area contributed by atoms with Crippen LogP contribution in [0.1, 0.15) is 0 Å². The van der Waals surface area contributed by atoms with Crippen LogP contribution in [-0.4, -0.2) is 11.1 Å². The number of hydrogen-bond acceptors (Lipinski definition) is 3. The molecule has 68 valence electrons. The van der Waals surface area contributed by atoms with Gasteiger partial charge in [-0.2, -0.15) is 0 Å². The fraction of sp³-hybridized carbons (Fsp3) is 0. The molecule has 0 saturated carbocycles. The maximum atomic E-state index is 10.4. The third-order valence-corrected chi connectivity index (χ3v) is 1.71. The number of carbonyl (C=O) groups is 1. The van der Waals surface area contributed by atoms with Crippen molar-refractivity contribution in [1.82, 2.24) is 0 Å². The first-order valence-electron chi connectivity index (χ1n) is 3.49. The summed E-state index contributed by atoms with van der Waals surface area (Å²) in [5, 5.41) is 8.48. The summed E-state index contributed by atoms with van der Waals surface area (Å²) in [6.45, 7) is 3.23. The van der Waals surface area contributed by atoms with E-state index in [0.29, 0.717) is 10.6 Å². The van der Waals surface area contributed by atoms with Crippen LogP contribution < -0.4 is 4.74 Å². The average molecular weight is 196 g/mol. The minimum Gasteiger partial charge on any atom is -0.475 e. The fourth-order valence-corrected chi connectivity index (χ4v) is 0.926. The Bertz CT molecular complexity index is 346. The Labute approximate surface area is 81.1 Å². The summed E-state index contributed by atoms with van der Waals surface area (Å²) in [5.74, 6) is -1.11. The molecule has 0 aromatic heterocycles. The second-order valence-electron chi connectivity index (χ2n) is 2.30. The summed E-state index contributed by atoms with van der Waals surface area (Å²) in [6, 6.07) is 6.83. The van der Waals surface area contributed by atoms with Crippen LogP contribution in [0.15, 0.2) is 41.5 Å². The molecule has 0 saturated heterocycles. The van der Waals surface area contributed by atoms with Gasteiger partial charge in [0.2, 0.25) is 5.76 Å². The second-order valence-corrected chi connectivity index (χ2v) is 2.78. The lowest BCUT2D eigenvalue weighted by atomic mass is 10.3. The van der Waals surface area contributed by atoms with Crippen LogP contribution in [-0.2, 0) is 4.79 Å². The highest BCUT2D eigenvalue weighted by Crippen LogP contribution is 2.22. The highest BCUT2D eigenvalue weighted by molar-refractivity contribution is 7.80. The number of para-hydroxylation sites is 1. The van der Waals surface area contributed by atoms with E-state index in [1.165, 1.54) is 0 Å². The van der Waals surface area contributed by atoms with Crippen LogP contribution in [0.4, 0.5) is 0 Å². The normalized spacial score (nSPS) is 9.31. The van der Waals surface area contributed by atoms with Crippen molar-refractivity contribution in [2.45, 2.75) is 4.90 Å². The van der Waals surface area contributed by atoms with Gasteiger partial charge in [0.1, 0.15) is 5.75 Å². The van der Waals surface area contributed by atoms with Gasteiger partial charge in [0, 0.05) is 4.90 Å². The van der Waals surface area contributed by atoms with E-state index in [4.69, 9.17) is 9.84 Å². The maximum Gasteiger partial charge on any atom is 0.371 e. The molecule has 0 aliphatic heterocycles. The number of carboxylic acid groups (broad SMARTS) is 1. The Morgan fingerprint density at radius 2 is 2.08 bits per heavy atom. The van der Waals surface area contributed by atoms with Crippen LogP contribution in [0.25, 0.3) is 0 Å². The van der Waals surface area contributed by atoms with Crippen molar-refractivity contribution in [2.75, 3.05) is 0 Å². The van der Waals surface area contributed by atoms with Crippen molar-refractivity contribution in [1.29, 1.82) is 0 Å². The molecule has 1 rings (SSSR count). The topological polar surface area (TPSA) is 46.5 Å². The molecule has 13 heavy (non-hydrogen) atoms. The lowest BCUT2D eigenvalue weighted by molar-refractivity contribution is -0.135.